The molecule has 2 aliphatic heterocycles. The number of hydrogen-bond acceptors (Lipinski definition) is 7. The Morgan fingerprint density at radius 2 is 2.10 bits per heavy atom. The van der Waals surface area contributed by atoms with Crippen LogP contribution >= 0.6 is 0 Å². The van der Waals surface area contributed by atoms with Crippen LogP contribution in [0.4, 0.5) is 0 Å². The summed E-state index contributed by atoms with van der Waals surface area (Å²) in [6.07, 6.45) is 1.60. The number of hydrogen-bond donors (Lipinski definition) is 1. The molecule has 0 amide bonds. The molecule has 0 aromatic carbocycles. The lowest BCUT2D eigenvalue weighted by Gasteiger charge is -2.43. The van der Waals surface area contributed by atoms with Gasteiger partial charge in [-0.25, -0.2) is 0 Å². The molecule has 1 N–H and O–H groups in total. The van der Waals surface area contributed by atoms with Crippen LogP contribution in [0.15, 0.2) is 27.3 Å². The van der Waals surface area contributed by atoms with Crippen molar-refractivity contribution in [1.29, 1.82) is 0 Å². The Kier molecular flexibility index (Phi) is 3.46. The van der Waals surface area contributed by atoms with E-state index in [1.54, 1.807) is 6.26 Å². The Labute approximate surface area is 122 Å². The van der Waals surface area contributed by atoms with Crippen molar-refractivity contribution in [3.05, 3.63) is 24.2 Å². The quantitative estimate of drug-likeness (QED) is 0.874. The molecule has 0 atom stereocenters. The van der Waals surface area contributed by atoms with Gasteiger partial charge in [-0.3, -0.25) is 9.80 Å². The number of piperazine rings is 1. The summed E-state index contributed by atoms with van der Waals surface area (Å²) in [6.45, 7) is 7.36. The summed E-state index contributed by atoms with van der Waals surface area (Å²) < 4.78 is 10.5. The zero-order valence-electron chi connectivity index (χ0n) is 11.9. The minimum absolute atomic E-state index is 0.453. The molecule has 0 aliphatic carbocycles. The van der Waals surface area contributed by atoms with Crippen molar-refractivity contribution in [1.82, 2.24) is 25.3 Å². The molecular formula is C14H19N5O2. The second-order valence-electron chi connectivity index (χ2n) is 5.62. The van der Waals surface area contributed by atoms with Crippen molar-refractivity contribution in [2.45, 2.75) is 12.6 Å². The maximum absolute atomic E-state index is 5.26. The van der Waals surface area contributed by atoms with Crippen LogP contribution in [0.3, 0.4) is 0 Å². The third-order valence-electron chi connectivity index (χ3n) is 4.25. The first-order valence-electron chi connectivity index (χ1n) is 7.42. The predicted molar refractivity (Wildman–Crippen MR) is 75.5 cm³/mol. The molecule has 0 saturated carbocycles. The van der Waals surface area contributed by atoms with E-state index in [0.717, 1.165) is 57.7 Å². The van der Waals surface area contributed by atoms with Crippen molar-refractivity contribution >= 4 is 0 Å². The summed E-state index contributed by atoms with van der Waals surface area (Å²) in [4.78, 5) is 9.33. The molecule has 2 fully saturated rings. The largest absolute Gasteiger partial charge is 0.459 e. The summed E-state index contributed by atoms with van der Waals surface area (Å²) in [5, 5.41) is 7.37. The molecule has 0 radical (unpaired) electrons. The van der Waals surface area contributed by atoms with E-state index in [1.807, 2.05) is 12.1 Å². The van der Waals surface area contributed by atoms with Gasteiger partial charge in [0.1, 0.15) is 0 Å². The van der Waals surface area contributed by atoms with Crippen LogP contribution < -0.4 is 5.32 Å². The van der Waals surface area contributed by atoms with Gasteiger partial charge in [0.15, 0.2) is 11.6 Å². The molecular weight excluding hydrogens is 270 g/mol. The molecule has 0 unspecified atom stereocenters. The Morgan fingerprint density at radius 1 is 1.24 bits per heavy atom. The minimum Gasteiger partial charge on any atom is -0.459 e. The average molecular weight is 289 g/mol. The van der Waals surface area contributed by atoms with Gasteiger partial charge < -0.3 is 14.3 Å². The highest BCUT2D eigenvalue weighted by atomic mass is 16.5. The highest BCUT2D eigenvalue weighted by molar-refractivity contribution is 5.42. The fourth-order valence-electron chi connectivity index (χ4n) is 2.84. The first-order chi connectivity index (χ1) is 10.4. The number of rotatable bonds is 4. The van der Waals surface area contributed by atoms with Crippen molar-refractivity contribution in [2.24, 2.45) is 0 Å². The summed E-state index contributed by atoms with van der Waals surface area (Å²) >= 11 is 0. The Morgan fingerprint density at radius 3 is 2.76 bits per heavy atom. The van der Waals surface area contributed by atoms with Gasteiger partial charge in [-0.2, -0.15) is 4.98 Å². The molecule has 4 rings (SSSR count). The lowest BCUT2D eigenvalue weighted by Crippen LogP contribution is -2.61. The standard InChI is InChI=1S/C14H19N5O2/c1-2-12(20-7-1)14-16-13(17-21-14)10-18-3-5-19(6-4-18)11-8-15-9-11/h1-2,7,11,15H,3-6,8-10H2. The summed E-state index contributed by atoms with van der Waals surface area (Å²) in [5.41, 5.74) is 0. The first-order valence-corrected chi connectivity index (χ1v) is 7.42. The van der Waals surface area contributed by atoms with Crippen LogP contribution in [0, 0.1) is 0 Å². The fraction of sp³-hybridized carbons (Fsp3) is 0.571. The van der Waals surface area contributed by atoms with Crippen molar-refractivity contribution in [3.8, 4) is 11.7 Å². The Hall–Kier alpha value is -1.70. The molecule has 7 nitrogen and oxygen atoms in total. The van der Waals surface area contributed by atoms with Crippen LogP contribution in [0.2, 0.25) is 0 Å². The maximum Gasteiger partial charge on any atom is 0.293 e. The van der Waals surface area contributed by atoms with E-state index in [-0.39, 0.29) is 0 Å². The minimum atomic E-state index is 0.453. The Bertz CT molecular complexity index is 570. The molecule has 112 valence electrons. The van der Waals surface area contributed by atoms with Gasteiger partial charge in [-0.05, 0) is 12.1 Å². The molecule has 2 aliphatic rings. The van der Waals surface area contributed by atoms with Gasteiger partial charge in [-0.1, -0.05) is 5.16 Å². The van der Waals surface area contributed by atoms with E-state index in [2.05, 4.69) is 25.3 Å². The molecule has 2 aromatic heterocycles. The summed E-state index contributed by atoms with van der Waals surface area (Å²) in [5.74, 6) is 1.80. The third-order valence-corrected chi connectivity index (χ3v) is 4.25. The maximum atomic E-state index is 5.26. The number of nitrogens with zero attached hydrogens (tertiary/aromatic N) is 4. The number of aromatic nitrogens is 2. The van der Waals surface area contributed by atoms with Crippen molar-refractivity contribution in [3.63, 3.8) is 0 Å². The van der Waals surface area contributed by atoms with Crippen LogP contribution in [0.1, 0.15) is 5.82 Å². The molecule has 0 bridgehead atoms. The van der Waals surface area contributed by atoms with E-state index in [1.165, 1.54) is 0 Å². The second-order valence-corrected chi connectivity index (χ2v) is 5.62. The molecule has 7 heteroatoms. The molecule has 2 saturated heterocycles. The van der Waals surface area contributed by atoms with Crippen molar-refractivity contribution in [2.75, 3.05) is 39.3 Å². The highest BCUT2D eigenvalue weighted by Crippen LogP contribution is 2.18. The smallest absolute Gasteiger partial charge is 0.293 e. The van der Waals surface area contributed by atoms with Crippen LogP contribution in [0.25, 0.3) is 11.7 Å². The van der Waals surface area contributed by atoms with Crippen LogP contribution in [-0.4, -0.2) is 65.3 Å². The SMILES string of the molecule is c1coc(-c2nc(CN3CCN(C4CNC4)CC3)no2)c1. The van der Waals surface area contributed by atoms with Gasteiger partial charge in [0, 0.05) is 45.3 Å². The predicted octanol–water partition coefficient (Wildman–Crippen LogP) is 0.419. The lowest BCUT2D eigenvalue weighted by molar-refractivity contribution is 0.0681. The monoisotopic (exact) mass is 289 g/mol. The number of nitrogens with one attached hydrogen (secondary N) is 1. The van der Waals surface area contributed by atoms with Gasteiger partial charge in [0.25, 0.3) is 5.89 Å². The van der Waals surface area contributed by atoms with Gasteiger partial charge in [0.05, 0.1) is 12.8 Å². The molecule has 0 spiro atoms. The van der Waals surface area contributed by atoms with E-state index >= 15 is 0 Å². The normalized spacial score (nSPS) is 21.5. The average Bonchev–Trinajstić information content (AvgIpc) is 3.09. The molecule has 21 heavy (non-hydrogen) atoms. The van der Waals surface area contributed by atoms with Gasteiger partial charge >= 0.3 is 0 Å². The van der Waals surface area contributed by atoms with E-state index in [4.69, 9.17) is 8.94 Å². The van der Waals surface area contributed by atoms with E-state index in [9.17, 15) is 0 Å². The lowest BCUT2D eigenvalue weighted by atomic mass is 10.1. The van der Waals surface area contributed by atoms with Crippen LogP contribution in [0.5, 0.6) is 0 Å². The van der Waals surface area contributed by atoms with Gasteiger partial charge in [-0.15, -0.1) is 0 Å². The zero-order valence-corrected chi connectivity index (χ0v) is 11.9. The van der Waals surface area contributed by atoms with Gasteiger partial charge in [0.2, 0.25) is 0 Å². The summed E-state index contributed by atoms with van der Waals surface area (Å²) in [7, 11) is 0. The highest BCUT2D eigenvalue weighted by Gasteiger charge is 2.28. The number of furan rings is 1. The fourth-order valence-corrected chi connectivity index (χ4v) is 2.84. The van der Waals surface area contributed by atoms with E-state index < -0.39 is 0 Å². The topological polar surface area (TPSA) is 70.6 Å². The van der Waals surface area contributed by atoms with Crippen molar-refractivity contribution < 1.29 is 8.94 Å². The zero-order chi connectivity index (χ0) is 14.1. The van der Waals surface area contributed by atoms with E-state index in [0.29, 0.717) is 11.7 Å². The Balaban J connectivity index is 1.32. The van der Waals surface area contributed by atoms with Crippen LogP contribution in [-0.2, 0) is 6.54 Å². The third kappa shape index (κ3) is 2.72. The summed E-state index contributed by atoms with van der Waals surface area (Å²) in [6, 6.07) is 4.37. The second kappa shape index (κ2) is 5.59. The molecule has 2 aromatic rings. The first kappa shape index (κ1) is 13.0. The molecule has 4 heterocycles.